The summed E-state index contributed by atoms with van der Waals surface area (Å²) < 4.78 is 0.975. The molecule has 3 heteroatoms. The Kier molecular flexibility index (Phi) is 3.94. The third-order valence-corrected chi connectivity index (χ3v) is 2.32. The summed E-state index contributed by atoms with van der Waals surface area (Å²) >= 11 is 9.03. The lowest BCUT2D eigenvalue weighted by Gasteiger charge is -2.02. The average molecular weight is 262 g/mol. The maximum atomic E-state index is 11.5. The minimum Gasteiger partial charge on any atom is -0.294 e. The zero-order chi connectivity index (χ0) is 9.84. The Morgan fingerprint density at radius 2 is 2.00 bits per heavy atom. The molecule has 0 aromatic heterocycles. The third-order valence-electron chi connectivity index (χ3n) is 1.63. The van der Waals surface area contributed by atoms with Crippen LogP contribution >= 0.6 is 27.5 Å². The maximum Gasteiger partial charge on any atom is 0.164 e. The molecule has 0 amide bonds. The van der Waals surface area contributed by atoms with Gasteiger partial charge in [0.1, 0.15) is 0 Å². The summed E-state index contributed by atoms with van der Waals surface area (Å²) in [6.07, 6.45) is 0.392. The van der Waals surface area contributed by atoms with Crippen LogP contribution < -0.4 is 0 Å². The number of halogens is 2. The van der Waals surface area contributed by atoms with Crippen molar-refractivity contribution in [2.75, 3.05) is 0 Å². The van der Waals surface area contributed by atoms with Gasteiger partial charge in [0.05, 0.1) is 0 Å². The van der Waals surface area contributed by atoms with Gasteiger partial charge in [-0.3, -0.25) is 4.79 Å². The molecule has 0 saturated carbocycles. The molecule has 70 valence electrons. The second-order valence-electron chi connectivity index (χ2n) is 2.91. The standard InChI is InChI=1S/C10H10BrClO/c1-7(12)6-10(13)8-2-4-9(11)5-3-8/h2-5,7H,6H2,1H3. The molecular weight excluding hydrogens is 251 g/mol. The predicted octanol–water partition coefficient (Wildman–Crippen LogP) is 3.65. The third kappa shape index (κ3) is 3.49. The van der Waals surface area contributed by atoms with E-state index in [0.29, 0.717) is 6.42 Å². The van der Waals surface area contributed by atoms with Crippen LogP contribution in [0.25, 0.3) is 0 Å². The molecule has 0 spiro atoms. The summed E-state index contributed by atoms with van der Waals surface area (Å²) in [5.74, 6) is 0.0926. The van der Waals surface area contributed by atoms with Crippen molar-refractivity contribution in [3.05, 3.63) is 34.3 Å². The van der Waals surface area contributed by atoms with Gasteiger partial charge in [-0.1, -0.05) is 28.1 Å². The monoisotopic (exact) mass is 260 g/mol. The number of hydrogen-bond acceptors (Lipinski definition) is 1. The van der Waals surface area contributed by atoms with Crippen molar-refractivity contribution < 1.29 is 4.79 Å². The molecular formula is C10H10BrClO. The topological polar surface area (TPSA) is 17.1 Å². The number of hydrogen-bond donors (Lipinski definition) is 0. The molecule has 0 aliphatic rings. The van der Waals surface area contributed by atoms with Gasteiger partial charge in [-0.05, 0) is 19.1 Å². The Hall–Kier alpha value is -0.340. The molecule has 0 N–H and O–H groups in total. The fourth-order valence-electron chi connectivity index (χ4n) is 1.01. The van der Waals surface area contributed by atoms with Crippen LogP contribution in [0.5, 0.6) is 0 Å². The van der Waals surface area contributed by atoms with E-state index in [1.165, 1.54) is 0 Å². The molecule has 1 unspecified atom stereocenters. The van der Waals surface area contributed by atoms with Crippen LogP contribution in [-0.4, -0.2) is 11.2 Å². The van der Waals surface area contributed by atoms with Gasteiger partial charge < -0.3 is 0 Å². The molecule has 1 aromatic rings. The van der Waals surface area contributed by atoms with E-state index in [2.05, 4.69) is 15.9 Å². The lowest BCUT2D eigenvalue weighted by molar-refractivity contribution is 0.0983. The first-order chi connectivity index (χ1) is 6.09. The Bertz CT molecular complexity index is 292. The van der Waals surface area contributed by atoms with Crippen LogP contribution in [0.4, 0.5) is 0 Å². The minimum absolute atomic E-state index is 0.0926. The van der Waals surface area contributed by atoms with Crippen molar-refractivity contribution in [2.45, 2.75) is 18.7 Å². The fourth-order valence-corrected chi connectivity index (χ4v) is 1.41. The van der Waals surface area contributed by atoms with Crippen LogP contribution in [-0.2, 0) is 0 Å². The van der Waals surface area contributed by atoms with Crippen molar-refractivity contribution in [1.29, 1.82) is 0 Å². The van der Waals surface area contributed by atoms with Crippen molar-refractivity contribution in [1.82, 2.24) is 0 Å². The molecule has 0 aliphatic carbocycles. The van der Waals surface area contributed by atoms with Gasteiger partial charge in [-0.15, -0.1) is 11.6 Å². The number of rotatable bonds is 3. The zero-order valence-corrected chi connectivity index (χ0v) is 9.60. The first-order valence-electron chi connectivity index (χ1n) is 4.02. The first-order valence-corrected chi connectivity index (χ1v) is 5.25. The van der Waals surface area contributed by atoms with Crippen LogP contribution in [0.3, 0.4) is 0 Å². The molecule has 0 saturated heterocycles. The predicted molar refractivity (Wildman–Crippen MR) is 58.4 cm³/mol. The van der Waals surface area contributed by atoms with Gasteiger partial charge in [0, 0.05) is 21.8 Å². The second kappa shape index (κ2) is 4.77. The smallest absolute Gasteiger partial charge is 0.164 e. The van der Waals surface area contributed by atoms with Crippen molar-refractivity contribution in [3.8, 4) is 0 Å². The normalized spacial score (nSPS) is 12.5. The summed E-state index contributed by atoms with van der Waals surface area (Å²) in [6, 6.07) is 7.30. The van der Waals surface area contributed by atoms with Crippen LogP contribution in [0.2, 0.25) is 0 Å². The molecule has 1 nitrogen and oxygen atoms in total. The Labute approximate surface area is 91.2 Å². The Balaban J connectivity index is 2.72. The molecule has 1 atom stereocenters. The van der Waals surface area contributed by atoms with Crippen LogP contribution in [0.15, 0.2) is 28.7 Å². The quantitative estimate of drug-likeness (QED) is 0.599. The minimum atomic E-state index is -0.101. The number of alkyl halides is 1. The van der Waals surface area contributed by atoms with Gasteiger partial charge in [-0.2, -0.15) is 0 Å². The van der Waals surface area contributed by atoms with E-state index in [9.17, 15) is 4.79 Å². The Morgan fingerprint density at radius 1 is 1.46 bits per heavy atom. The van der Waals surface area contributed by atoms with Gasteiger partial charge in [0.15, 0.2) is 5.78 Å². The summed E-state index contributed by atoms with van der Waals surface area (Å²) in [5.41, 5.74) is 0.718. The number of benzene rings is 1. The molecule has 1 rings (SSSR count). The second-order valence-corrected chi connectivity index (χ2v) is 4.58. The van der Waals surface area contributed by atoms with E-state index >= 15 is 0 Å². The van der Waals surface area contributed by atoms with E-state index in [4.69, 9.17) is 11.6 Å². The Morgan fingerprint density at radius 3 is 2.46 bits per heavy atom. The summed E-state index contributed by atoms with van der Waals surface area (Å²) in [4.78, 5) is 11.5. The number of carbonyl (C=O) groups excluding carboxylic acids is 1. The average Bonchev–Trinajstić information content (AvgIpc) is 2.04. The van der Waals surface area contributed by atoms with Gasteiger partial charge >= 0.3 is 0 Å². The van der Waals surface area contributed by atoms with Gasteiger partial charge in [0.25, 0.3) is 0 Å². The highest BCUT2D eigenvalue weighted by Crippen LogP contribution is 2.13. The zero-order valence-electron chi connectivity index (χ0n) is 7.26. The summed E-state index contributed by atoms with van der Waals surface area (Å²) in [5, 5.41) is -0.101. The maximum absolute atomic E-state index is 11.5. The molecule has 1 aromatic carbocycles. The molecule has 0 fully saturated rings. The first kappa shape index (κ1) is 10.7. The molecule has 0 radical (unpaired) electrons. The number of Topliss-reactive ketones (excluding diaryl/α,β-unsaturated/α-hetero) is 1. The summed E-state index contributed by atoms with van der Waals surface area (Å²) in [6.45, 7) is 1.82. The van der Waals surface area contributed by atoms with Gasteiger partial charge in [0.2, 0.25) is 0 Å². The molecule has 13 heavy (non-hydrogen) atoms. The highest BCUT2D eigenvalue weighted by Gasteiger charge is 2.08. The lowest BCUT2D eigenvalue weighted by Crippen LogP contribution is -2.04. The highest BCUT2D eigenvalue weighted by molar-refractivity contribution is 9.10. The number of ketones is 1. The molecule has 0 bridgehead atoms. The molecule has 0 aliphatic heterocycles. The van der Waals surface area contributed by atoms with Crippen molar-refractivity contribution in [3.63, 3.8) is 0 Å². The molecule has 0 heterocycles. The van der Waals surface area contributed by atoms with E-state index in [1.54, 1.807) is 12.1 Å². The van der Waals surface area contributed by atoms with Crippen molar-refractivity contribution in [2.24, 2.45) is 0 Å². The highest BCUT2D eigenvalue weighted by atomic mass is 79.9. The van der Waals surface area contributed by atoms with Crippen LogP contribution in [0.1, 0.15) is 23.7 Å². The fraction of sp³-hybridized carbons (Fsp3) is 0.300. The van der Waals surface area contributed by atoms with Gasteiger partial charge in [-0.25, -0.2) is 0 Å². The lowest BCUT2D eigenvalue weighted by atomic mass is 10.1. The van der Waals surface area contributed by atoms with E-state index in [0.717, 1.165) is 10.0 Å². The van der Waals surface area contributed by atoms with E-state index < -0.39 is 0 Å². The van der Waals surface area contributed by atoms with Crippen LogP contribution in [0, 0.1) is 0 Å². The van der Waals surface area contributed by atoms with E-state index in [-0.39, 0.29) is 11.2 Å². The largest absolute Gasteiger partial charge is 0.294 e. The summed E-state index contributed by atoms with van der Waals surface area (Å²) in [7, 11) is 0. The SMILES string of the molecule is CC(Cl)CC(=O)c1ccc(Br)cc1. The van der Waals surface area contributed by atoms with Crippen molar-refractivity contribution >= 4 is 33.3 Å². The number of carbonyl (C=O) groups is 1. The van der Waals surface area contributed by atoms with E-state index in [1.807, 2.05) is 19.1 Å².